The Hall–Kier alpha value is -1.13. The molecule has 1 fully saturated rings. The molecular formula is C21H29ClO4. The number of halogens is 1. The van der Waals surface area contributed by atoms with Crippen molar-refractivity contribution in [1.82, 2.24) is 0 Å². The Bertz CT molecular complexity index is 696. The van der Waals surface area contributed by atoms with Crippen LogP contribution in [-0.2, 0) is 14.3 Å². The lowest BCUT2D eigenvalue weighted by Gasteiger charge is -2.58. The van der Waals surface area contributed by atoms with E-state index in [1.165, 1.54) is 0 Å². The molecule has 0 aromatic rings. The van der Waals surface area contributed by atoms with Gasteiger partial charge < -0.3 is 9.84 Å². The van der Waals surface area contributed by atoms with Gasteiger partial charge in [-0.05, 0) is 43.4 Å². The lowest BCUT2D eigenvalue weighted by Crippen LogP contribution is -2.58. The van der Waals surface area contributed by atoms with Crippen molar-refractivity contribution in [3.63, 3.8) is 0 Å². The molecule has 1 heterocycles. The molecule has 0 aromatic carbocycles. The second-order valence-corrected chi connectivity index (χ2v) is 9.46. The number of esters is 1. The number of ketones is 1. The van der Waals surface area contributed by atoms with Crippen LogP contribution in [0.15, 0.2) is 23.3 Å². The lowest BCUT2D eigenvalue weighted by atomic mass is 9.48. The average molecular weight is 381 g/mol. The number of carbonyl (C=O) groups is 2. The van der Waals surface area contributed by atoms with Crippen LogP contribution in [0.5, 0.6) is 0 Å². The van der Waals surface area contributed by atoms with Crippen LogP contribution in [0.4, 0.5) is 0 Å². The van der Waals surface area contributed by atoms with Crippen LogP contribution in [0, 0.1) is 22.7 Å². The van der Waals surface area contributed by atoms with E-state index in [1.807, 2.05) is 13.8 Å². The number of hydrogen-bond acceptors (Lipinski definition) is 4. The third-order valence-electron chi connectivity index (χ3n) is 7.27. The fourth-order valence-electron chi connectivity index (χ4n) is 5.37. The monoisotopic (exact) mass is 380 g/mol. The van der Waals surface area contributed by atoms with E-state index >= 15 is 0 Å². The predicted molar refractivity (Wildman–Crippen MR) is 101 cm³/mol. The van der Waals surface area contributed by atoms with E-state index in [0.29, 0.717) is 29.9 Å². The molecule has 1 unspecified atom stereocenters. The highest BCUT2D eigenvalue weighted by Gasteiger charge is 2.62. The van der Waals surface area contributed by atoms with E-state index in [0.717, 1.165) is 18.4 Å². The number of Topliss-reactive ketones (excluding diaryl/α,β-unsaturated/α-hetero) is 1. The number of aliphatic hydroxyl groups is 1. The van der Waals surface area contributed by atoms with Crippen molar-refractivity contribution in [3.8, 4) is 0 Å². The first-order valence-electron chi connectivity index (χ1n) is 9.44. The molecule has 5 heteroatoms. The molecule has 0 aromatic heterocycles. The number of ether oxygens (including phenoxy) is 1. The van der Waals surface area contributed by atoms with Crippen LogP contribution in [0.1, 0.15) is 53.4 Å². The summed E-state index contributed by atoms with van der Waals surface area (Å²) in [5.41, 5.74) is 1.08. The molecule has 0 radical (unpaired) electrons. The first-order chi connectivity index (χ1) is 12.0. The van der Waals surface area contributed by atoms with Gasteiger partial charge in [-0.1, -0.05) is 32.9 Å². The maximum atomic E-state index is 12.7. The molecule has 1 saturated carbocycles. The number of alkyl halides is 1. The van der Waals surface area contributed by atoms with Gasteiger partial charge in [0.15, 0.2) is 5.78 Å². The van der Waals surface area contributed by atoms with Crippen molar-refractivity contribution in [1.29, 1.82) is 0 Å². The molecule has 26 heavy (non-hydrogen) atoms. The van der Waals surface area contributed by atoms with Gasteiger partial charge >= 0.3 is 5.97 Å². The minimum Gasteiger partial charge on any atom is -0.457 e. The molecule has 144 valence electrons. The number of rotatable bonds is 4. The SMILES string of the molecule is C=C(C)C(C)CC[C@]1(C)[C@H]2CC(=O)C3=C(C(=O)OC3)[C@]2(C)C[C@@H](O)[C@@H]1Cl. The van der Waals surface area contributed by atoms with Gasteiger partial charge in [0, 0.05) is 17.4 Å². The van der Waals surface area contributed by atoms with Crippen molar-refractivity contribution in [3.05, 3.63) is 23.3 Å². The number of allylic oxidation sites excluding steroid dienone is 1. The Kier molecular flexibility index (Phi) is 4.90. The zero-order valence-corrected chi connectivity index (χ0v) is 16.9. The molecule has 0 bridgehead atoms. The van der Waals surface area contributed by atoms with Crippen LogP contribution in [-0.4, -0.2) is 34.9 Å². The standard InChI is InChI=1S/C21H29ClO4/c1-11(2)12(3)6-7-20(4)16-8-14(23)13-10-26-19(25)17(13)21(16,5)9-15(24)18(20)22/h12,15-16,18,24H,1,6-10H2,2-5H3/t12?,15-,16-,18+,20-,21-/m1/s1. The molecular weight excluding hydrogens is 352 g/mol. The number of cyclic esters (lactones) is 1. The van der Waals surface area contributed by atoms with Gasteiger partial charge in [-0.15, -0.1) is 11.6 Å². The fourth-order valence-corrected chi connectivity index (χ4v) is 5.72. The second-order valence-electron chi connectivity index (χ2n) is 8.99. The largest absolute Gasteiger partial charge is 0.457 e. The van der Waals surface area contributed by atoms with E-state index < -0.39 is 28.3 Å². The van der Waals surface area contributed by atoms with Gasteiger partial charge in [-0.2, -0.15) is 0 Å². The van der Waals surface area contributed by atoms with Gasteiger partial charge in [0.05, 0.1) is 17.1 Å². The minimum atomic E-state index is -0.724. The summed E-state index contributed by atoms with van der Waals surface area (Å²) in [7, 11) is 0. The third kappa shape index (κ3) is 2.77. The number of aliphatic hydroxyl groups excluding tert-OH is 1. The fraction of sp³-hybridized carbons (Fsp3) is 0.714. The third-order valence-corrected chi connectivity index (χ3v) is 8.06. The summed E-state index contributed by atoms with van der Waals surface area (Å²) in [5, 5.41) is 10.3. The van der Waals surface area contributed by atoms with Gasteiger partial charge in [0.1, 0.15) is 6.61 Å². The number of carbonyl (C=O) groups excluding carboxylic acids is 2. The summed E-state index contributed by atoms with van der Waals surface area (Å²) >= 11 is 6.73. The van der Waals surface area contributed by atoms with Crippen LogP contribution < -0.4 is 0 Å². The highest BCUT2D eigenvalue weighted by molar-refractivity contribution is 6.21. The van der Waals surface area contributed by atoms with E-state index in [9.17, 15) is 14.7 Å². The Morgan fingerprint density at radius 1 is 1.42 bits per heavy atom. The molecule has 3 aliphatic rings. The van der Waals surface area contributed by atoms with E-state index in [-0.39, 0.29) is 18.3 Å². The van der Waals surface area contributed by atoms with Crippen molar-refractivity contribution in [2.75, 3.05) is 6.61 Å². The van der Waals surface area contributed by atoms with Crippen molar-refractivity contribution < 1.29 is 19.4 Å². The Balaban J connectivity index is 2.02. The van der Waals surface area contributed by atoms with E-state index in [1.54, 1.807) is 0 Å². The zero-order chi connectivity index (χ0) is 19.4. The van der Waals surface area contributed by atoms with Crippen LogP contribution in [0.2, 0.25) is 0 Å². The highest BCUT2D eigenvalue weighted by atomic mass is 35.5. The quantitative estimate of drug-likeness (QED) is 0.457. The summed E-state index contributed by atoms with van der Waals surface area (Å²) in [6, 6.07) is 0. The molecule has 0 saturated heterocycles. The maximum absolute atomic E-state index is 12.7. The van der Waals surface area contributed by atoms with Crippen molar-refractivity contribution >= 4 is 23.4 Å². The molecule has 1 aliphatic heterocycles. The molecule has 2 aliphatic carbocycles. The molecule has 3 rings (SSSR count). The van der Waals surface area contributed by atoms with Gasteiger partial charge in [0.2, 0.25) is 0 Å². The molecule has 0 amide bonds. The van der Waals surface area contributed by atoms with Gasteiger partial charge in [-0.3, -0.25) is 4.79 Å². The van der Waals surface area contributed by atoms with E-state index in [4.69, 9.17) is 16.3 Å². The smallest absolute Gasteiger partial charge is 0.335 e. The van der Waals surface area contributed by atoms with Crippen molar-refractivity contribution in [2.45, 2.75) is 64.9 Å². The Morgan fingerprint density at radius 2 is 2.08 bits per heavy atom. The van der Waals surface area contributed by atoms with Crippen LogP contribution in [0.25, 0.3) is 0 Å². The van der Waals surface area contributed by atoms with Crippen molar-refractivity contribution in [2.24, 2.45) is 22.7 Å². The topological polar surface area (TPSA) is 63.6 Å². The minimum absolute atomic E-state index is 0.00671. The normalized spacial score (nSPS) is 40.8. The molecule has 4 nitrogen and oxygen atoms in total. The van der Waals surface area contributed by atoms with Crippen LogP contribution in [0.3, 0.4) is 0 Å². The molecule has 6 atom stereocenters. The first kappa shape index (κ1) is 19.6. The van der Waals surface area contributed by atoms with E-state index in [2.05, 4.69) is 20.4 Å². The summed E-state index contributed by atoms with van der Waals surface area (Å²) < 4.78 is 5.18. The first-order valence-corrected chi connectivity index (χ1v) is 9.87. The lowest BCUT2D eigenvalue weighted by molar-refractivity contribution is -0.140. The predicted octanol–water partition coefficient (Wildman–Crippen LogP) is 3.81. The summed E-state index contributed by atoms with van der Waals surface area (Å²) in [5.74, 6) is -0.159. The number of fused-ring (bicyclic) bond motifs is 2. The molecule has 1 N–H and O–H groups in total. The zero-order valence-electron chi connectivity index (χ0n) is 16.1. The highest BCUT2D eigenvalue weighted by Crippen LogP contribution is 2.62. The van der Waals surface area contributed by atoms with Gasteiger partial charge in [-0.25, -0.2) is 4.79 Å². The van der Waals surface area contributed by atoms with Crippen LogP contribution >= 0.6 is 11.6 Å². The maximum Gasteiger partial charge on any atom is 0.335 e. The molecule has 0 spiro atoms. The van der Waals surface area contributed by atoms with Gasteiger partial charge in [0.25, 0.3) is 0 Å². The summed E-state index contributed by atoms with van der Waals surface area (Å²) in [6.45, 7) is 12.3. The Morgan fingerprint density at radius 3 is 2.69 bits per heavy atom. The summed E-state index contributed by atoms with van der Waals surface area (Å²) in [4.78, 5) is 25.1. The number of hydrogen-bond donors (Lipinski definition) is 1. The average Bonchev–Trinajstić information content (AvgIpc) is 2.97. The summed E-state index contributed by atoms with van der Waals surface area (Å²) in [6.07, 6.45) is 1.69. The Labute approximate surface area is 160 Å². The second kappa shape index (κ2) is 6.49.